The van der Waals surface area contributed by atoms with E-state index < -0.39 is 12.0 Å². The highest BCUT2D eigenvalue weighted by Gasteiger charge is 2.31. The van der Waals surface area contributed by atoms with E-state index in [9.17, 15) is 14.7 Å². The molecule has 0 spiro atoms. The number of hydrogen-bond acceptors (Lipinski definition) is 4. The highest BCUT2D eigenvalue weighted by molar-refractivity contribution is 7.12. The van der Waals surface area contributed by atoms with Crippen molar-refractivity contribution in [1.82, 2.24) is 5.32 Å². The van der Waals surface area contributed by atoms with Crippen molar-refractivity contribution in [1.29, 1.82) is 0 Å². The number of nitrogens with one attached hydrogen (secondary N) is 1. The van der Waals surface area contributed by atoms with Gasteiger partial charge in [0.2, 0.25) is 5.91 Å². The van der Waals surface area contributed by atoms with E-state index in [0.29, 0.717) is 13.2 Å². The lowest BCUT2D eigenvalue weighted by Gasteiger charge is -2.28. The number of carboxylic acid groups (broad SMARTS) is 1. The summed E-state index contributed by atoms with van der Waals surface area (Å²) in [5.41, 5.74) is 0. The Labute approximate surface area is 121 Å². The molecule has 2 rings (SSSR count). The molecule has 1 amide bonds. The molecule has 6 heteroatoms. The highest BCUT2D eigenvalue weighted by atomic mass is 32.1. The van der Waals surface area contributed by atoms with Crippen molar-refractivity contribution in [2.24, 2.45) is 5.92 Å². The smallest absolute Gasteiger partial charge is 0.326 e. The van der Waals surface area contributed by atoms with Gasteiger partial charge in [-0.2, -0.15) is 0 Å². The van der Waals surface area contributed by atoms with E-state index in [1.165, 1.54) is 0 Å². The van der Waals surface area contributed by atoms with Gasteiger partial charge in [-0.1, -0.05) is 0 Å². The summed E-state index contributed by atoms with van der Waals surface area (Å²) < 4.78 is 5.30. The normalized spacial score (nSPS) is 20.4. The van der Waals surface area contributed by atoms with Crippen LogP contribution < -0.4 is 5.32 Å². The third-order valence-electron chi connectivity index (χ3n) is 3.38. The second kappa shape index (κ2) is 6.85. The number of rotatable bonds is 5. The summed E-state index contributed by atoms with van der Waals surface area (Å²) in [5, 5.41) is 11.9. The van der Waals surface area contributed by atoms with E-state index in [1.807, 2.05) is 19.1 Å². The fourth-order valence-corrected chi connectivity index (χ4v) is 3.26. The van der Waals surface area contributed by atoms with Gasteiger partial charge in [0.1, 0.15) is 6.04 Å². The van der Waals surface area contributed by atoms with Gasteiger partial charge in [0.05, 0.1) is 13.0 Å². The molecule has 1 aromatic heterocycles. The molecule has 1 fully saturated rings. The summed E-state index contributed by atoms with van der Waals surface area (Å²) in [5.74, 6) is -1.38. The summed E-state index contributed by atoms with van der Waals surface area (Å²) in [7, 11) is 0. The third-order valence-corrected chi connectivity index (χ3v) is 4.38. The van der Waals surface area contributed by atoms with Gasteiger partial charge in [-0.05, 0) is 31.9 Å². The molecule has 1 aliphatic heterocycles. The molecule has 110 valence electrons. The van der Waals surface area contributed by atoms with Crippen molar-refractivity contribution in [3.05, 3.63) is 21.9 Å². The Hall–Kier alpha value is -1.40. The molecule has 5 nitrogen and oxygen atoms in total. The second-order valence-corrected chi connectivity index (χ2v) is 6.42. The molecule has 0 aliphatic carbocycles. The van der Waals surface area contributed by atoms with Crippen LogP contribution >= 0.6 is 11.3 Å². The largest absolute Gasteiger partial charge is 0.480 e. The van der Waals surface area contributed by atoms with Crippen molar-refractivity contribution in [2.75, 3.05) is 13.2 Å². The van der Waals surface area contributed by atoms with Gasteiger partial charge in [-0.15, -0.1) is 11.3 Å². The number of thiophene rings is 1. The summed E-state index contributed by atoms with van der Waals surface area (Å²) in [4.78, 5) is 25.4. The minimum atomic E-state index is -0.990. The van der Waals surface area contributed by atoms with Gasteiger partial charge in [0, 0.05) is 22.3 Å². The van der Waals surface area contributed by atoms with Crippen molar-refractivity contribution >= 4 is 23.2 Å². The van der Waals surface area contributed by atoms with Crippen molar-refractivity contribution < 1.29 is 19.4 Å². The zero-order valence-electron chi connectivity index (χ0n) is 11.4. The molecule has 0 radical (unpaired) electrons. The molecule has 1 aromatic rings. The van der Waals surface area contributed by atoms with E-state index >= 15 is 0 Å². The number of carbonyl (C=O) groups excluding carboxylic acids is 1. The minimum absolute atomic E-state index is 0.143. The lowest BCUT2D eigenvalue weighted by atomic mass is 9.93. The van der Waals surface area contributed by atoms with Crippen LogP contribution in [0.1, 0.15) is 22.6 Å². The fraction of sp³-hybridized carbons (Fsp3) is 0.571. The number of ether oxygens (including phenoxy) is 1. The number of amides is 1. The first-order valence-corrected chi connectivity index (χ1v) is 7.53. The summed E-state index contributed by atoms with van der Waals surface area (Å²) in [6.45, 7) is 3.05. The highest BCUT2D eigenvalue weighted by Crippen LogP contribution is 2.19. The maximum absolute atomic E-state index is 12.0. The Bertz CT molecular complexity index is 479. The molecule has 1 aliphatic rings. The lowest BCUT2D eigenvalue weighted by Crippen LogP contribution is -2.48. The Morgan fingerprint density at radius 3 is 2.90 bits per heavy atom. The van der Waals surface area contributed by atoms with Crippen LogP contribution in [-0.2, 0) is 20.7 Å². The number of aryl methyl sites for hydroxylation is 1. The first-order chi connectivity index (χ1) is 9.56. The average molecular weight is 297 g/mol. The molecule has 0 bridgehead atoms. The van der Waals surface area contributed by atoms with Crippen molar-refractivity contribution in [2.45, 2.75) is 32.2 Å². The zero-order valence-corrected chi connectivity index (χ0v) is 12.2. The Balaban J connectivity index is 1.93. The number of hydrogen-bond donors (Lipinski definition) is 2. The zero-order chi connectivity index (χ0) is 14.5. The van der Waals surface area contributed by atoms with Crippen LogP contribution in [0.2, 0.25) is 0 Å². The molecule has 2 heterocycles. The standard InChI is InChI=1S/C14H19NO4S/c1-9-4-5-11(20-9)7-12(16)15-13(14(17)18)10-3-2-6-19-8-10/h4-5,10,13H,2-3,6-8H2,1H3,(H,15,16)(H,17,18). The van der Waals surface area contributed by atoms with Gasteiger partial charge in [0.15, 0.2) is 0 Å². The SMILES string of the molecule is Cc1ccc(CC(=O)NC(C(=O)O)C2CCCOC2)s1. The van der Waals surface area contributed by atoms with E-state index in [0.717, 1.165) is 22.6 Å². The van der Waals surface area contributed by atoms with Gasteiger partial charge in [-0.3, -0.25) is 4.79 Å². The predicted octanol–water partition coefficient (Wildman–Crippen LogP) is 1.60. The van der Waals surface area contributed by atoms with Crippen LogP contribution in [0.3, 0.4) is 0 Å². The average Bonchev–Trinajstić information content (AvgIpc) is 2.82. The number of carbonyl (C=O) groups is 2. The topological polar surface area (TPSA) is 75.6 Å². The summed E-state index contributed by atoms with van der Waals surface area (Å²) in [6, 6.07) is 3.00. The maximum Gasteiger partial charge on any atom is 0.326 e. The number of aliphatic carboxylic acids is 1. The lowest BCUT2D eigenvalue weighted by molar-refractivity contribution is -0.145. The van der Waals surface area contributed by atoms with Gasteiger partial charge >= 0.3 is 5.97 Å². The van der Waals surface area contributed by atoms with Crippen molar-refractivity contribution in [3.8, 4) is 0 Å². The van der Waals surface area contributed by atoms with Gasteiger partial charge in [0.25, 0.3) is 0 Å². The van der Waals surface area contributed by atoms with Crippen LogP contribution in [0.15, 0.2) is 12.1 Å². The van der Waals surface area contributed by atoms with E-state index in [2.05, 4.69) is 5.32 Å². The second-order valence-electron chi connectivity index (χ2n) is 5.05. The van der Waals surface area contributed by atoms with Crippen molar-refractivity contribution in [3.63, 3.8) is 0 Å². The van der Waals surface area contributed by atoms with Gasteiger partial charge < -0.3 is 15.2 Å². The molecule has 2 atom stereocenters. The molecule has 2 N–H and O–H groups in total. The summed E-state index contributed by atoms with van der Waals surface area (Å²) in [6.07, 6.45) is 1.85. The Kier molecular flexibility index (Phi) is 5.14. The molecule has 20 heavy (non-hydrogen) atoms. The molecular weight excluding hydrogens is 278 g/mol. The fourth-order valence-electron chi connectivity index (χ4n) is 2.37. The quantitative estimate of drug-likeness (QED) is 0.865. The first kappa shape index (κ1) is 15.0. The summed E-state index contributed by atoms with van der Waals surface area (Å²) >= 11 is 1.55. The monoisotopic (exact) mass is 297 g/mol. The maximum atomic E-state index is 12.0. The Morgan fingerprint density at radius 2 is 2.35 bits per heavy atom. The van der Waals surface area contributed by atoms with E-state index in [4.69, 9.17) is 4.74 Å². The van der Waals surface area contributed by atoms with Crippen LogP contribution in [0.4, 0.5) is 0 Å². The molecule has 2 unspecified atom stereocenters. The van der Waals surface area contributed by atoms with Crippen LogP contribution in [0, 0.1) is 12.8 Å². The Morgan fingerprint density at radius 1 is 1.55 bits per heavy atom. The van der Waals surface area contributed by atoms with E-state index in [1.54, 1.807) is 11.3 Å². The molecular formula is C14H19NO4S. The molecule has 0 aromatic carbocycles. The van der Waals surface area contributed by atoms with E-state index in [-0.39, 0.29) is 18.2 Å². The number of carboxylic acids is 1. The van der Waals surface area contributed by atoms with Crippen LogP contribution in [0.25, 0.3) is 0 Å². The van der Waals surface area contributed by atoms with Gasteiger partial charge in [-0.25, -0.2) is 4.79 Å². The third kappa shape index (κ3) is 4.05. The van der Waals surface area contributed by atoms with Crippen LogP contribution in [0.5, 0.6) is 0 Å². The predicted molar refractivity (Wildman–Crippen MR) is 75.9 cm³/mol. The van der Waals surface area contributed by atoms with Crippen LogP contribution in [-0.4, -0.2) is 36.2 Å². The molecule has 0 saturated carbocycles. The first-order valence-electron chi connectivity index (χ1n) is 6.71. The molecule has 1 saturated heterocycles. The minimum Gasteiger partial charge on any atom is -0.480 e.